The van der Waals surface area contributed by atoms with Crippen LogP contribution in [0.15, 0.2) is 12.2 Å². The highest BCUT2D eigenvalue weighted by Crippen LogP contribution is 2.18. The SMILES string of the molecule is CCCCCCCCCCCCCCCCCCCC(O)C(CO)NC(=O)CCCCCCCCCCCCC/C=C\CCCCCCCCCCCCCCOC(=O)CCCCCCCCCCCCC. The van der Waals surface area contributed by atoms with Gasteiger partial charge in [0, 0.05) is 12.8 Å². The summed E-state index contributed by atoms with van der Waals surface area (Å²) in [5.74, 6) is -0.0167. The Balaban J connectivity index is 3.38. The van der Waals surface area contributed by atoms with Crippen molar-refractivity contribution in [2.45, 2.75) is 386 Å². The molecule has 0 aromatic heterocycles. The summed E-state index contributed by atoms with van der Waals surface area (Å²) in [7, 11) is 0. The molecule has 0 bridgehead atoms. The quantitative estimate of drug-likeness (QED) is 0.0320. The van der Waals surface area contributed by atoms with Gasteiger partial charge in [0.2, 0.25) is 5.91 Å². The minimum absolute atomic E-state index is 0.0155. The molecule has 6 heteroatoms. The number of carbonyl (C=O) groups is 2. The molecule has 0 saturated carbocycles. The van der Waals surface area contributed by atoms with Crippen molar-refractivity contribution in [1.82, 2.24) is 5.32 Å². The summed E-state index contributed by atoms with van der Waals surface area (Å²) in [6, 6.07) is -0.541. The number of amides is 1. The first kappa shape index (κ1) is 70.6. The van der Waals surface area contributed by atoms with Crippen molar-refractivity contribution < 1.29 is 24.5 Å². The Bertz CT molecular complexity index is 1080. The third-order valence-corrected chi connectivity index (χ3v) is 15.6. The van der Waals surface area contributed by atoms with Gasteiger partial charge in [-0.2, -0.15) is 0 Å². The van der Waals surface area contributed by atoms with Gasteiger partial charge in [-0.1, -0.05) is 321 Å². The normalized spacial score (nSPS) is 12.6. The highest BCUT2D eigenvalue weighted by Gasteiger charge is 2.20. The molecule has 3 N–H and O–H groups in total. The third-order valence-electron chi connectivity index (χ3n) is 15.6. The van der Waals surface area contributed by atoms with Crippen LogP contribution in [0.5, 0.6) is 0 Å². The van der Waals surface area contributed by atoms with Gasteiger partial charge in [-0.3, -0.25) is 9.59 Å². The van der Waals surface area contributed by atoms with Crippen LogP contribution in [0.2, 0.25) is 0 Å². The number of aliphatic hydroxyl groups excluding tert-OH is 2. The maximum Gasteiger partial charge on any atom is 0.305 e. The van der Waals surface area contributed by atoms with Gasteiger partial charge < -0.3 is 20.3 Å². The Morgan fingerprint density at radius 3 is 0.986 bits per heavy atom. The minimum Gasteiger partial charge on any atom is -0.466 e. The number of unbranched alkanes of at least 4 members (excludes halogenated alkanes) is 49. The van der Waals surface area contributed by atoms with E-state index in [2.05, 4.69) is 31.3 Å². The second-order valence-electron chi connectivity index (χ2n) is 22.8. The number of carbonyl (C=O) groups excluding carboxylic acids is 2. The predicted octanol–water partition coefficient (Wildman–Crippen LogP) is 20.8. The zero-order chi connectivity index (χ0) is 52.2. The molecule has 0 aliphatic rings. The first-order valence-corrected chi connectivity index (χ1v) is 32.9. The third kappa shape index (κ3) is 57.9. The predicted molar refractivity (Wildman–Crippen MR) is 315 cm³/mol. The zero-order valence-electron chi connectivity index (χ0n) is 48.9. The number of allylic oxidation sites excluding steroid dienone is 2. The second kappa shape index (κ2) is 62.1. The highest BCUT2D eigenvalue weighted by atomic mass is 16.5. The van der Waals surface area contributed by atoms with Gasteiger partial charge in [0.15, 0.2) is 0 Å². The Morgan fingerprint density at radius 2 is 0.653 bits per heavy atom. The van der Waals surface area contributed by atoms with Gasteiger partial charge in [-0.05, 0) is 51.4 Å². The van der Waals surface area contributed by atoms with Gasteiger partial charge >= 0.3 is 5.97 Å². The summed E-state index contributed by atoms with van der Waals surface area (Å²) >= 11 is 0. The standard InChI is InChI=1S/C66H129NO5/c1-3-5-7-9-11-13-15-16-17-29-32-35-39-42-46-50-54-58-64(69)63(62-68)67-65(70)59-55-51-47-43-40-36-33-30-27-25-23-21-19-18-20-22-24-26-28-31-34-37-41-45-49-53-57-61-72-66(71)60-56-52-48-44-38-14-12-10-8-6-4-2/h18-19,63-64,68-69H,3-17,20-62H2,1-2H3,(H,67,70)/b19-18-. The topological polar surface area (TPSA) is 95.9 Å². The first-order valence-electron chi connectivity index (χ1n) is 32.9. The molecule has 0 saturated heterocycles. The van der Waals surface area contributed by atoms with E-state index in [-0.39, 0.29) is 18.5 Å². The molecule has 1 amide bonds. The summed E-state index contributed by atoms with van der Waals surface area (Å²) in [6.45, 7) is 4.98. The van der Waals surface area contributed by atoms with E-state index >= 15 is 0 Å². The van der Waals surface area contributed by atoms with Gasteiger partial charge in [0.05, 0.1) is 25.4 Å². The molecule has 6 nitrogen and oxygen atoms in total. The number of aliphatic hydroxyl groups is 2. The number of hydrogen-bond donors (Lipinski definition) is 3. The molecule has 0 aromatic rings. The number of ether oxygens (including phenoxy) is 1. The lowest BCUT2D eigenvalue weighted by Crippen LogP contribution is -2.45. The highest BCUT2D eigenvalue weighted by molar-refractivity contribution is 5.76. The largest absolute Gasteiger partial charge is 0.466 e. The van der Waals surface area contributed by atoms with Crippen LogP contribution in [-0.2, 0) is 14.3 Å². The van der Waals surface area contributed by atoms with E-state index in [0.29, 0.717) is 25.9 Å². The Labute approximate surface area is 450 Å². The number of nitrogens with one attached hydrogen (secondary N) is 1. The lowest BCUT2D eigenvalue weighted by Gasteiger charge is -2.22. The Kier molecular flexibility index (Phi) is 60.9. The fourth-order valence-electron chi connectivity index (χ4n) is 10.5. The number of hydrogen-bond acceptors (Lipinski definition) is 5. The van der Waals surface area contributed by atoms with Crippen molar-refractivity contribution in [3.63, 3.8) is 0 Å². The number of esters is 1. The Morgan fingerprint density at radius 1 is 0.375 bits per heavy atom. The molecule has 0 radical (unpaired) electrons. The molecular weight excluding hydrogens is 887 g/mol. The van der Waals surface area contributed by atoms with Crippen molar-refractivity contribution in [1.29, 1.82) is 0 Å². The van der Waals surface area contributed by atoms with Gasteiger partial charge in [0.1, 0.15) is 0 Å². The molecule has 0 aliphatic carbocycles. The van der Waals surface area contributed by atoms with Crippen LogP contribution in [0, 0.1) is 0 Å². The van der Waals surface area contributed by atoms with Crippen LogP contribution in [0.25, 0.3) is 0 Å². The molecule has 0 heterocycles. The van der Waals surface area contributed by atoms with Crippen molar-refractivity contribution in [2.75, 3.05) is 13.2 Å². The van der Waals surface area contributed by atoms with Crippen LogP contribution >= 0.6 is 0 Å². The van der Waals surface area contributed by atoms with Crippen LogP contribution in [0.1, 0.15) is 373 Å². The van der Waals surface area contributed by atoms with E-state index in [1.54, 1.807) is 0 Å². The zero-order valence-corrected chi connectivity index (χ0v) is 48.9. The van der Waals surface area contributed by atoms with Gasteiger partial charge in [-0.15, -0.1) is 0 Å². The van der Waals surface area contributed by atoms with E-state index in [4.69, 9.17) is 4.74 Å². The molecular formula is C66H129NO5. The van der Waals surface area contributed by atoms with Crippen molar-refractivity contribution in [3.05, 3.63) is 12.2 Å². The van der Waals surface area contributed by atoms with E-state index in [0.717, 1.165) is 38.5 Å². The summed E-state index contributed by atoms with van der Waals surface area (Å²) in [5.41, 5.74) is 0. The molecule has 72 heavy (non-hydrogen) atoms. The minimum atomic E-state index is -0.664. The average Bonchev–Trinajstić information content (AvgIpc) is 3.38. The van der Waals surface area contributed by atoms with Crippen LogP contribution in [0.3, 0.4) is 0 Å². The number of rotatable bonds is 62. The van der Waals surface area contributed by atoms with E-state index < -0.39 is 12.1 Å². The summed E-state index contributed by atoms with van der Waals surface area (Å²) < 4.78 is 5.47. The molecule has 0 spiro atoms. The second-order valence-corrected chi connectivity index (χ2v) is 22.8. The lowest BCUT2D eigenvalue weighted by atomic mass is 10.0. The summed E-state index contributed by atoms with van der Waals surface area (Å²) in [5, 5.41) is 23.3. The van der Waals surface area contributed by atoms with E-state index in [9.17, 15) is 19.8 Å². The molecule has 0 aromatic carbocycles. The van der Waals surface area contributed by atoms with Gasteiger partial charge in [-0.25, -0.2) is 0 Å². The average molecular weight is 1020 g/mol. The molecule has 0 aliphatic heterocycles. The van der Waals surface area contributed by atoms with Crippen LogP contribution < -0.4 is 5.32 Å². The van der Waals surface area contributed by atoms with Crippen molar-refractivity contribution in [3.8, 4) is 0 Å². The maximum absolute atomic E-state index is 12.5. The molecule has 0 fully saturated rings. The fraction of sp³-hybridized carbons (Fsp3) is 0.939. The monoisotopic (exact) mass is 1020 g/mol. The maximum atomic E-state index is 12.5. The van der Waals surface area contributed by atoms with E-state index in [1.807, 2.05) is 0 Å². The van der Waals surface area contributed by atoms with Gasteiger partial charge in [0.25, 0.3) is 0 Å². The van der Waals surface area contributed by atoms with E-state index in [1.165, 1.54) is 302 Å². The van der Waals surface area contributed by atoms with Crippen molar-refractivity contribution >= 4 is 11.9 Å². The van der Waals surface area contributed by atoms with Crippen LogP contribution in [0.4, 0.5) is 0 Å². The molecule has 2 atom stereocenters. The fourth-order valence-corrected chi connectivity index (χ4v) is 10.5. The summed E-state index contributed by atoms with van der Waals surface area (Å²) in [6.07, 6.45) is 75.3. The molecule has 2 unspecified atom stereocenters. The van der Waals surface area contributed by atoms with Crippen molar-refractivity contribution in [2.24, 2.45) is 0 Å². The smallest absolute Gasteiger partial charge is 0.305 e. The van der Waals surface area contributed by atoms with Crippen LogP contribution in [-0.4, -0.2) is 47.4 Å². The molecule has 0 rings (SSSR count). The summed E-state index contributed by atoms with van der Waals surface area (Å²) in [4.78, 5) is 24.5. The molecule has 428 valence electrons. The lowest BCUT2D eigenvalue weighted by molar-refractivity contribution is -0.143. The first-order chi connectivity index (χ1) is 35.5. The Hall–Kier alpha value is -1.40.